The van der Waals surface area contributed by atoms with Crippen LogP contribution in [0.15, 0.2) is 76.8 Å². The molecule has 0 bridgehead atoms. The number of amides is 1. The van der Waals surface area contributed by atoms with E-state index >= 15 is 0 Å². The number of Topliss-reactive ketones (excluding diaryl/α,β-unsaturated/α-hetero) is 1. The van der Waals surface area contributed by atoms with Gasteiger partial charge >= 0.3 is 0 Å². The number of carbonyl (C=O) groups is 2. The van der Waals surface area contributed by atoms with Crippen LogP contribution >= 0.6 is 0 Å². The third kappa shape index (κ3) is 4.39. The van der Waals surface area contributed by atoms with Crippen LogP contribution in [0.5, 0.6) is 0 Å². The number of nitrogens with zero attached hydrogens (tertiary/aromatic N) is 4. The maximum atomic E-state index is 13.0. The average molecular weight is 432 g/mol. The van der Waals surface area contributed by atoms with E-state index in [0.29, 0.717) is 36.8 Å². The van der Waals surface area contributed by atoms with Gasteiger partial charge in [0.15, 0.2) is 18.0 Å². The van der Waals surface area contributed by atoms with Crippen LogP contribution in [0.4, 0.5) is 0 Å². The van der Waals surface area contributed by atoms with Crippen molar-refractivity contribution in [1.29, 1.82) is 0 Å². The summed E-state index contributed by atoms with van der Waals surface area (Å²) in [6, 6.07) is 16.3. The third-order valence-electron chi connectivity index (χ3n) is 5.46. The van der Waals surface area contributed by atoms with Gasteiger partial charge in [-0.05, 0) is 6.92 Å². The number of aromatic nitrogens is 1. The molecule has 1 aromatic heterocycles. The Bertz CT molecular complexity index is 1090. The van der Waals surface area contributed by atoms with Gasteiger partial charge in [0.05, 0.1) is 6.20 Å². The van der Waals surface area contributed by atoms with Gasteiger partial charge in [0.1, 0.15) is 7.11 Å². The Morgan fingerprint density at radius 2 is 1.81 bits per heavy atom. The summed E-state index contributed by atoms with van der Waals surface area (Å²) in [5.41, 5.74) is 2.07. The van der Waals surface area contributed by atoms with E-state index in [2.05, 4.69) is 15.0 Å². The number of rotatable bonds is 5. The molecular weight excluding hydrogens is 408 g/mol. The first-order valence-corrected chi connectivity index (χ1v) is 10.3. The first-order valence-electron chi connectivity index (χ1n) is 10.3. The molecule has 4 rings (SSSR count). The molecule has 1 saturated heterocycles. The number of benzene rings is 2. The number of hydrogen-bond acceptors (Lipinski definition) is 6. The maximum absolute atomic E-state index is 13.0. The predicted octanol–water partition coefficient (Wildman–Crippen LogP) is 3.07. The molecular formula is C24H24N4O4. The minimum Gasteiger partial charge on any atom is -0.444 e. The Kier molecular flexibility index (Phi) is 6.30. The van der Waals surface area contributed by atoms with Crippen LogP contribution in [0, 0.1) is 0 Å². The van der Waals surface area contributed by atoms with E-state index in [4.69, 9.17) is 9.25 Å². The summed E-state index contributed by atoms with van der Waals surface area (Å²) >= 11 is 0. The van der Waals surface area contributed by atoms with Crippen molar-refractivity contribution in [3.8, 4) is 11.3 Å². The molecule has 0 saturated carbocycles. The van der Waals surface area contributed by atoms with Crippen molar-refractivity contribution in [2.75, 3.05) is 26.7 Å². The highest BCUT2D eigenvalue weighted by Crippen LogP contribution is 2.20. The number of oxime groups is 1. The van der Waals surface area contributed by atoms with Crippen molar-refractivity contribution in [1.82, 2.24) is 14.8 Å². The van der Waals surface area contributed by atoms with E-state index in [0.717, 1.165) is 11.1 Å². The van der Waals surface area contributed by atoms with E-state index in [1.807, 2.05) is 37.3 Å². The van der Waals surface area contributed by atoms with Crippen molar-refractivity contribution in [2.24, 2.45) is 5.16 Å². The highest BCUT2D eigenvalue weighted by molar-refractivity contribution is 6.42. The first-order chi connectivity index (χ1) is 15.6. The minimum atomic E-state index is -0.525. The predicted molar refractivity (Wildman–Crippen MR) is 119 cm³/mol. The first kappa shape index (κ1) is 21.3. The molecule has 0 radical (unpaired) electrons. The number of amidine groups is 1. The fraction of sp³-hybridized carbons (Fsp3) is 0.250. The molecule has 1 aliphatic heterocycles. The van der Waals surface area contributed by atoms with Crippen molar-refractivity contribution >= 4 is 17.5 Å². The molecule has 8 heteroatoms. The van der Waals surface area contributed by atoms with E-state index < -0.39 is 11.7 Å². The van der Waals surface area contributed by atoms with Gasteiger partial charge in [-0.2, -0.15) is 0 Å². The van der Waals surface area contributed by atoms with Gasteiger partial charge in [-0.15, -0.1) is 0 Å². The zero-order chi connectivity index (χ0) is 22.5. The molecule has 164 valence electrons. The second kappa shape index (κ2) is 9.47. The molecule has 1 fully saturated rings. The average Bonchev–Trinajstić information content (AvgIpc) is 3.37. The highest BCUT2D eigenvalue weighted by Gasteiger charge is 2.33. The molecule has 0 spiro atoms. The van der Waals surface area contributed by atoms with Crippen LogP contribution in [0.3, 0.4) is 0 Å². The maximum Gasteiger partial charge on any atom is 0.295 e. The van der Waals surface area contributed by atoms with E-state index in [1.165, 1.54) is 13.5 Å². The summed E-state index contributed by atoms with van der Waals surface area (Å²) in [5, 5.41) is 4.19. The quantitative estimate of drug-likeness (QED) is 0.202. The number of piperazine rings is 1. The fourth-order valence-corrected chi connectivity index (χ4v) is 3.82. The molecule has 1 unspecified atom stereocenters. The summed E-state index contributed by atoms with van der Waals surface area (Å²) in [6.45, 7) is 3.43. The van der Waals surface area contributed by atoms with Gasteiger partial charge in [0, 0.05) is 42.4 Å². The minimum absolute atomic E-state index is 0.167. The molecule has 1 amide bonds. The monoisotopic (exact) mass is 432 g/mol. The summed E-state index contributed by atoms with van der Waals surface area (Å²) in [6.07, 6.45) is 2.94. The van der Waals surface area contributed by atoms with Crippen LogP contribution in [-0.4, -0.2) is 65.1 Å². The van der Waals surface area contributed by atoms with E-state index in [-0.39, 0.29) is 6.04 Å². The lowest BCUT2D eigenvalue weighted by atomic mass is 10.0. The standard InChI is InChI=1S/C24H24N4O4/c1-17-15-27(23(26-31-2)20-6-4-3-5-7-20)12-13-28(17)24(30)22(29)19-10-8-18(9-11-19)21-14-25-16-32-21/h3-11,14,16-17H,12-13,15H2,1-2H3. The largest absolute Gasteiger partial charge is 0.444 e. The van der Waals surface area contributed by atoms with Gasteiger partial charge < -0.3 is 19.1 Å². The number of ketones is 1. The fourth-order valence-electron chi connectivity index (χ4n) is 3.82. The second-order valence-corrected chi connectivity index (χ2v) is 7.53. The van der Waals surface area contributed by atoms with E-state index in [9.17, 15) is 9.59 Å². The van der Waals surface area contributed by atoms with Gasteiger partial charge in [-0.25, -0.2) is 4.98 Å². The molecule has 0 N–H and O–H groups in total. The number of carbonyl (C=O) groups excluding carboxylic acids is 2. The molecule has 1 atom stereocenters. The van der Waals surface area contributed by atoms with Crippen LogP contribution in [0.2, 0.25) is 0 Å². The summed E-state index contributed by atoms with van der Waals surface area (Å²) < 4.78 is 5.26. The van der Waals surface area contributed by atoms with Gasteiger partial charge in [0.2, 0.25) is 5.78 Å². The van der Waals surface area contributed by atoms with Crippen LogP contribution in [0.25, 0.3) is 11.3 Å². The summed E-state index contributed by atoms with van der Waals surface area (Å²) in [7, 11) is 1.51. The smallest absolute Gasteiger partial charge is 0.295 e. The Balaban J connectivity index is 1.44. The van der Waals surface area contributed by atoms with Gasteiger partial charge in [-0.3, -0.25) is 9.59 Å². The normalized spacial score (nSPS) is 16.7. The molecule has 2 aromatic carbocycles. The van der Waals surface area contributed by atoms with Gasteiger partial charge in [-0.1, -0.05) is 59.8 Å². The Morgan fingerprint density at radius 1 is 1.06 bits per heavy atom. The van der Waals surface area contributed by atoms with Crippen molar-refractivity contribution in [2.45, 2.75) is 13.0 Å². The van der Waals surface area contributed by atoms with Crippen molar-refractivity contribution in [3.05, 3.63) is 78.3 Å². The summed E-state index contributed by atoms with van der Waals surface area (Å²) in [4.78, 5) is 38.5. The molecule has 32 heavy (non-hydrogen) atoms. The molecule has 0 aliphatic carbocycles. The van der Waals surface area contributed by atoms with Crippen LogP contribution < -0.4 is 0 Å². The zero-order valence-corrected chi connectivity index (χ0v) is 18.0. The molecule has 3 aromatic rings. The lowest BCUT2D eigenvalue weighted by molar-refractivity contribution is -0.130. The number of oxazole rings is 1. The van der Waals surface area contributed by atoms with Crippen LogP contribution in [0.1, 0.15) is 22.8 Å². The summed E-state index contributed by atoms with van der Waals surface area (Å²) in [5.74, 6) is 0.283. The molecule has 1 aliphatic rings. The molecule has 2 heterocycles. The lowest BCUT2D eigenvalue weighted by Gasteiger charge is -2.40. The SMILES string of the molecule is CON=C(c1ccccc1)N1CCN(C(=O)C(=O)c2ccc(-c3cnco3)cc2)C(C)C1. The highest BCUT2D eigenvalue weighted by atomic mass is 16.6. The second-order valence-electron chi connectivity index (χ2n) is 7.53. The Hall–Kier alpha value is -3.94. The zero-order valence-electron chi connectivity index (χ0n) is 18.0. The molecule has 8 nitrogen and oxygen atoms in total. The number of hydrogen-bond donors (Lipinski definition) is 0. The Labute approximate surface area is 186 Å². The van der Waals surface area contributed by atoms with Crippen molar-refractivity contribution in [3.63, 3.8) is 0 Å². The van der Waals surface area contributed by atoms with E-state index in [1.54, 1.807) is 35.4 Å². The Morgan fingerprint density at radius 3 is 2.44 bits per heavy atom. The van der Waals surface area contributed by atoms with Crippen LogP contribution in [-0.2, 0) is 9.63 Å². The third-order valence-corrected chi connectivity index (χ3v) is 5.46. The van der Waals surface area contributed by atoms with Crippen molar-refractivity contribution < 1.29 is 18.8 Å². The van der Waals surface area contributed by atoms with Gasteiger partial charge in [0.25, 0.3) is 5.91 Å². The topological polar surface area (TPSA) is 88.2 Å². The lowest BCUT2D eigenvalue weighted by Crippen LogP contribution is -2.57.